The number of nitrogens with zero attached hydrogens (tertiary/aromatic N) is 1. The van der Waals surface area contributed by atoms with Crippen LogP contribution in [0.5, 0.6) is 5.75 Å². The van der Waals surface area contributed by atoms with E-state index in [0.29, 0.717) is 29.5 Å². The summed E-state index contributed by atoms with van der Waals surface area (Å²) in [4.78, 5) is 25.0. The van der Waals surface area contributed by atoms with Gasteiger partial charge in [-0.3, -0.25) is 9.59 Å². The van der Waals surface area contributed by atoms with Gasteiger partial charge in [-0.1, -0.05) is 6.42 Å². The van der Waals surface area contributed by atoms with Crippen LogP contribution in [-0.4, -0.2) is 29.5 Å². The van der Waals surface area contributed by atoms with E-state index < -0.39 is 6.61 Å². The molecular formula is C24H27F2NO4. The van der Waals surface area contributed by atoms with Crippen molar-refractivity contribution in [2.45, 2.75) is 52.6 Å². The summed E-state index contributed by atoms with van der Waals surface area (Å²) in [5.74, 6) is 1.34. The molecule has 1 aromatic carbocycles. The van der Waals surface area contributed by atoms with Gasteiger partial charge in [-0.25, -0.2) is 0 Å². The lowest BCUT2D eigenvalue weighted by Gasteiger charge is -2.20. The lowest BCUT2D eigenvalue weighted by atomic mass is 9.86. The van der Waals surface area contributed by atoms with Crippen molar-refractivity contribution in [3.05, 3.63) is 47.3 Å². The summed E-state index contributed by atoms with van der Waals surface area (Å²) in [5.41, 5.74) is 2.73. The number of halogens is 2. The second-order valence-electron chi connectivity index (χ2n) is 8.72. The Morgan fingerprint density at radius 2 is 1.87 bits per heavy atom. The molecule has 2 aromatic rings. The van der Waals surface area contributed by atoms with Crippen LogP contribution < -0.4 is 4.74 Å². The average molecular weight is 431 g/mol. The molecule has 1 aromatic heterocycles. The number of alkyl halides is 2. The van der Waals surface area contributed by atoms with Crippen molar-refractivity contribution in [2.24, 2.45) is 17.8 Å². The van der Waals surface area contributed by atoms with Crippen LogP contribution in [0.3, 0.4) is 0 Å². The highest BCUT2D eigenvalue weighted by molar-refractivity contribution is 5.99. The van der Waals surface area contributed by atoms with Crippen molar-refractivity contribution < 1.29 is 27.8 Å². The first-order valence-electron chi connectivity index (χ1n) is 10.7. The minimum absolute atomic E-state index is 0.0694. The van der Waals surface area contributed by atoms with Crippen molar-refractivity contribution in [1.82, 2.24) is 4.57 Å². The molecule has 2 aliphatic carbocycles. The number of ketones is 1. The van der Waals surface area contributed by atoms with Crippen molar-refractivity contribution in [1.29, 1.82) is 0 Å². The van der Waals surface area contributed by atoms with Crippen LogP contribution in [0.1, 0.15) is 53.8 Å². The fourth-order valence-corrected chi connectivity index (χ4v) is 5.34. The second kappa shape index (κ2) is 8.81. The number of aromatic nitrogens is 1. The molecule has 0 N–H and O–H groups in total. The van der Waals surface area contributed by atoms with E-state index in [1.165, 1.54) is 31.4 Å². The van der Waals surface area contributed by atoms with Gasteiger partial charge in [-0.05, 0) is 81.2 Å². The number of esters is 1. The van der Waals surface area contributed by atoms with Crippen LogP contribution in [0, 0.1) is 31.6 Å². The fourth-order valence-electron chi connectivity index (χ4n) is 5.34. The predicted octanol–water partition coefficient (Wildman–Crippen LogP) is 5.25. The molecule has 0 aliphatic heterocycles. The summed E-state index contributed by atoms with van der Waals surface area (Å²) in [6, 6.07) is 7.98. The first kappa shape index (κ1) is 21.5. The zero-order valence-electron chi connectivity index (χ0n) is 17.8. The highest BCUT2D eigenvalue weighted by Gasteiger charge is 2.40. The SMILES string of the molecule is Cc1cc(C(=O)COC(=O)C[C@@H]2C[C@H]3CC[C@H]2C3)c(C)n1-c1ccc(OC(F)F)cc1. The number of hydrogen-bond acceptors (Lipinski definition) is 4. The Labute approximate surface area is 180 Å². The third-order valence-corrected chi connectivity index (χ3v) is 6.73. The molecule has 2 bridgehead atoms. The van der Waals surface area contributed by atoms with Crippen LogP contribution in [0.25, 0.3) is 5.69 Å². The summed E-state index contributed by atoms with van der Waals surface area (Å²) in [6.07, 6.45) is 5.24. The van der Waals surface area contributed by atoms with E-state index in [4.69, 9.17) is 4.74 Å². The summed E-state index contributed by atoms with van der Waals surface area (Å²) >= 11 is 0. The minimum atomic E-state index is -2.88. The number of rotatable bonds is 8. The fraction of sp³-hybridized carbons (Fsp3) is 0.500. The number of ether oxygens (including phenoxy) is 2. The lowest BCUT2D eigenvalue weighted by molar-refractivity contribution is -0.144. The van der Waals surface area contributed by atoms with E-state index in [1.54, 1.807) is 25.1 Å². The maximum Gasteiger partial charge on any atom is 0.387 e. The molecule has 5 nitrogen and oxygen atoms in total. The van der Waals surface area contributed by atoms with Crippen molar-refractivity contribution in [3.63, 3.8) is 0 Å². The summed E-state index contributed by atoms with van der Waals surface area (Å²) < 4.78 is 36.2. The number of benzene rings is 1. The van der Waals surface area contributed by atoms with E-state index >= 15 is 0 Å². The summed E-state index contributed by atoms with van der Waals surface area (Å²) in [7, 11) is 0. The molecule has 1 heterocycles. The van der Waals surface area contributed by atoms with Crippen LogP contribution in [0.4, 0.5) is 8.78 Å². The van der Waals surface area contributed by atoms with Crippen LogP contribution in [0.2, 0.25) is 0 Å². The molecule has 4 rings (SSSR count). The average Bonchev–Trinajstić information content (AvgIpc) is 3.41. The van der Waals surface area contributed by atoms with E-state index in [1.807, 2.05) is 11.5 Å². The Morgan fingerprint density at radius 1 is 1.13 bits per heavy atom. The first-order valence-corrected chi connectivity index (χ1v) is 10.7. The van der Waals surface area contributed by atoms with Crippen molar-refractivity contribution in [2.75, 3.05) is 6.61 Å². The molecule has 2 fully saturated rings. The van der Waals surface area contributed by atoms with Crippen molar-refractivity contribution >= 4 is 11.8 Å². The highest BCUT2D eigenvalue weighted by atomic mass is 19.3. The van der Waals surface area contributed by atoms with Gasteiger partial charge in [0.25, 0.3) is 0 Å². The molecule has 3 atom stereocenters. The maximum atomic E-state index is 12.7. The standard InChI is InChI=1S/C24H27F2NO4/c1-14-9-21(15(2)27(14)19-5-7-20(8-6-19)31-24(25)26)22(28)13-30-23(29)12-18-11-16-3-4-17(18)10-16/h5-9,16-18,24H,3-4,10-13H2,1-2H3/t16-,17-,18-/m0/s1. The third-order valence-electron chi connectivity index (χ3n) is 6.73. The molecule has 2 aliphatic rings. The van der Waals surface area contributed by atoms with Gasteiger partial charge in [0, 0.05) is 29.1 Å². The molecule has 0 spiro atoms. The molecule has 166 valence electrons. The molecule has 0 saturated heterocycles. The molecular weight excluding hydrogens is 404 g/mol. The first-order chi connectivity index (χ1) is 14.8. The van der Waals surface area contributed by atoms with Gasteiger partial charge in [-0.2, -0.15) is 8.78 Å². The van der Waals surface area contributed by atoms with Gasteiger partial charge >= 0.3 is 12.6 Å². The number of fused-ring (bicyclic) bond motifs is 2. The quantitative estimate of drug-likeness (QED) is 0.423. The number of aryl methyl sites for hydroxylation is 1. The zero-order valence-corrected chi connectivity index (χ0v) is 17.8. The number of carbonyl (C=O) groups is 2. The molecule has 0 radical (unpaired) electrons. The zero-order chi connectivity index (χ0) is 22.1. The summed E-state index contributed by atoms with van der Waals surface area (Å²) in [6.45, 7) is 0.511. The summed E-state index contributed by atoms with van der Waals surface area (Å²) in [5, 5.41) is 0. The Kier molecular flexibility index (Phi) is 6.12. The van der Waals surface area contributed by atoms with Crippen LogP contribution in [0.15, 0.2) is 30.3 Å². The largest absolute Gasteiger partial charge is 0.457 e. The maximum absolute atomic E-state index is 12.7. The van der Waals surface area contributed by atoms with Gasteiger partial charge in [0.15, 0.2) is 6.61 Å². The van der Waals surface area contributed by atoms with Crippen molar-refractivity contribution in [3.8, 4) is 11.4 Å². The smallest absolute Gasteiger partial charge is 0.387 e. The van der Waals surface area contributed by atoms with Gasteiger partial charge in [0.2, 0.25) is 5.78 Å². The Balaban J connectivity index is 1.38. The van der Waals surface area contributed by atoms with E-state index in [0.717, 1.165) is 23.7 Å². The van der Waals surface area contributed by atoms with Crippen LogP contribution >= 0.6 is 0 Å². The Bertz CT molecular complexity index is 967. The molecule has 7 heteroatoms. The predicted molar refractivity (Wildman–Crippen MR) is 111 cm³/mol. The van der Waals surface area contributed by atoms with Gasteiger partial charge < -0.3 is 14.0 Å². The second-order valence-corrected chi connectivity index (χ2v) is 8.72. The monoisotopic (exact) mass is 431 g/mol. The Hall–Kier alpha value is -2.70. The van der Waals surface area contributed by atoms with E-state index in [9.17, 15) is 18.4 Å². The normalized spacial score (nSPS) is 22.2. The highest BCUT2D eigenvalue weighted by Crippen LogP contribution is 2.49. The van der Waals surface area contributed by atoms with Gasteiger partial charge in [0.1, 0.15) is 5.75 Å². The number of Topliss-reactive ketones (excluding diaryl/α,β-unsaturated/α-hetero) is 1. The number of hydrogen-bond donors (Lipinski definition) is 0. The van der Waals surface area contributed by atoms with Gasteiger partial charge in [-0.15, -0.1) is 0 Å². The van der Waals surface area contributed by atoms with E-state index in [-0.39, 0.29) is 24.1 Å². The molecule has 0 unspecified atom stereocenters. The topological polar surface area (TPSA) is 57.5 Å². The molecule has 0 amide bonds. The molecule has 2 saturated carbocycles. The Morgan fingerprint density at radius 3 is 2.48 bits per heavy atom. The van der Waals surface area contributed by atoms with Gasteiger partial charge in [0.05, 0.1) is 0 Å². The lowest BCUT2D eigenvalue weighted by Crippen LogP contribution is -2.20. The molecule has 31 heavy (non-hydrogen) atoms. The third kappa shape index (κ3) is 4.65. The van der Waals surface area contributed by atoms with E-state index in [2.05, 4.69) is 4.74 Å². The minimum Gasteiger partial charge on any atom is -0.457 e. The number of carbonyl (C=O) groups excluding carboxylic acids is 2. The van der Waals surface area contributed by atoms with Crippen LogP contribution in [-0.2, 0) is 9.53 Å².